The average molecular weight is 759 g/mol. The molecule has 14 heteroatoms. The van der Waals surface area contributed by atoms with Crippen LogP contribution in [-0.2, 0) is 4.79 Å². The molecule has 1 aromatic rings. The van der Waals surface area contributed by atoms with Crippen LogP contribution in [0.3, 0.4) is 0 Å². The van der Waals surface area contributed by atoms with Crippen molar-refractivity contribution < 1.29 is 64.7 Å². The summed E-state index contributed by atoms with van der Waals surface area (Å²) in [4.78, 5) is 11.6. The number of aliphatic hydroxyl groups is 2. The minimum Gasteiger partial charge on any atom is -0.508 e. The van der Waals surface area contributed by atoms with Crippen LogP contribution in [-0.4, -0.2) is 56.4 Å². The number of hydrogen-bond donors (Lipinski definition) is 4. The van der Waals surface area contributed by atoms with Gasteiger partial charge < -0.3 is 20.4 Å². The maximum atomic E-state index is 13.8. The second-order valence-corrected chi connectivity index (χ2v) is 16.4. The first-order chi connectivity index (χ1) is 24.1. The third-order valence-electron chi connectivity index (χ3n) is 13.6. The molecular formula is C38H51F9O5. The van der Waals surface area contributed by atoms with Crippen molar-refractivity contribution >= 4 is 5.97 Å². The highest BCUT2D eigenvalue weighted by Gasteiger charge is 2.81. The summed E-state index contributed by atoms with van der Waals surface area (Å²) in [6, 6.07) is 5.33. The zero-order chi connectivity index (χ0) is 38.5. The summed E-state index contributed by atoms with van der Waals surface area (Å²) in [5, 5.41) is 42.6. The summed E-state index contributed by atoms with van der Waals surface area (Å²) in [6.45, 7) is 2.34. The zero-order valence-electron chi connectivity index (χ0n) is 29.4. The number of benzene rings is 1. The highest BCUT2D eigenvalue weighted by atomic mass is 19.4. The molecule has 5 nitrogen and oxygen atoms in total. The van der Waals surface area contributed by atoms with Gasteiger partial charge in [-0.05, 0) is 110 Å². The minimum absolute atomic E-state index is 0.00900. The Morgan fingerprint density at radius 1 is 0.827 bits per heavy atom. The molecule has 0 saturated heterocycles. The predicted molar refractivity (Wildman–Crippen MR) is 173 cm³/mol. The Morgan fingerprint density at radius 3 is 2.02 bits per heavy atom. The highest BCUT2D eigenvalue weighted by Crippen LogP contribution is 2.76. The molecule has 52 heavy (non-hydrogen) atoms. The predicted octanol–water partition coefficient (Wildman–Crippen LogP) is 10.6. The normalized spacial score (nSPS) is 30.5. The number of aliphatic hydroxyl groups excluding tert-OH is 2. The number of aliphatic carboxylic acids is 1. The van der Waals surface area contributed by atoms with Gasteiger partial charge in [0, 0.05) is 11.8 Å². The lowest BCUT2D eigenvalue weighted by molar-refractivity contribution is -0.396. The molecule has 296 valence electrons. The molecule has 1 spiro atoms. The van der Waals surface area contributed by atoms with Crippen LogP contribution in [0.25, 0.3) is 0 Å². The van der Waals surface area contributed by atoms with Crippen molar-refractivity contribution in [2.75, 3.05) is 0 Å². The number of fused-ring (bicyclic) bond motifs is 6. The molecule has 0 radical (unpaired) electrons. The Balaban J connectivity index is 1.06. The van der Waals surface area contributed by atoms with E-state index in [9.17, 15) is 64.7 Å². The van der Waals surface area contributed by atoms with E-state index < -0.39 is 61.2 Å². The molecule has 4 N–H and O–H groups in total. The third kappa shape index (κ3) is 7.17. The number of halogens is 9. The largest absolute Gasteiger partial charge is 0.508 e. The maximum absolute atomic E-state index is 13.8. The van der Waals surface area contributed by atoms with E-state index in [4.69, 9.17) is 0 Å². The van der Waals surface area contributed by atoms with Gasteiger partial charge in [0.15, 0.2) is 0 Å². The second kappa shape index (κ2) is 14.8. The molecule has 0 aromatic heterocycles. The molecule has 3 fully saturated rings. The lowest BCUT2D eigenvalue weighted by atomic mass is 9.50. The number of rotatable bonds is 17. The Labute approximate surface area is 298 Å². The van der Waals surface area contributed by atoms with Crippen LogP contribution in [0.5, 0.6) is 5.75 Å². The van der Waals surface area contributed by atoms with Gasteiger partial charge in [-0.25, -0.2) is 0 Å². The smallest absolute Gasteiger partial charge is 0.460 e. The van der Waals surface area contributed by atoms with Gasteiger partial charge in [0.05, 0.1) is 18.1 Å². The van der Waals surface area contributed by atoms with Crippen LogP contribution >= 0.6 is 0 Å². The van der Waals surface area contributed by atoms with Gasteiger partial charge in [0.2, 0.25) is 0 Å². The SMILES string of the molecule is C[C@]12CCC3c4ccc(O)cc4[C@@H](O)C(CCCCCCCCCC(CCCC(F)(F)C(F)(F)C(F)(F)C(F)(F)F)C(=O)O)C3C1C[C@@H](O)C21CC1. The van der Waals surface area contributed by atoms with Crippen molar-refractivity contribution in [1.82, 2.24) is 0 Å². The molecule has 5 rings (SSSR count). The Kier molecular flexibility index (Phi) is 11.6. The number of aromatic hydroxyl groups is 1. The number of hydrogen-bond acceptors (Lipinski definition) is 4. The molecule has 3 saturated carbocycles. The molecule has 8 atom stereocenters. The maximum Gasteiger partial charge on any atom is 0.460 e. The molecular weight excluding hydrogens is 707 g/mol. The van der Waals surface area contributed by atoms with Crippen molar-refractivity contribution in [3.8, 4) is 5.75 Å². The molecule has 5 unspecified atom stereocenters. The molecule has 1 aromatic carbocycles. The molecule has 0 amide bonds. The summed E-state index contributed by atoms with van der Waals surface area (Å²) in [6.07, 6.45) is -0.608. The first-order valence-corrected chi connectivity index (χ1v) is 18.7. The van der Waals surface area contributed by atoms with Crippen molar-refractivity contribution in [1.29, 1.82) is 0 Å². The summed E-state index contributed by atoms with van der Waals surface area (Å²) in [5.41, 5.74) is 1.93. The Morgan fingerprint density at radius 2 is 1.42 bits per heavy atom. The molecule has 0 bridgehead atoms. The fourth-order valence-electron chi connectivity index (χ4n) is 10.5. The first-order valence-electron chi connectivity index (χ1n) is 18.7. The van der Waals surface area contributed by atoms with Gasteiger partial charge in [-0.2, -0.15) is 39.5 Å². The van der Waals surface area contributed by atoms with Crippen molar-refractivity contribution in [2.24, 2.45) is 34.5 Å². The van der Waals surface area contributed by atoms with Crippen molar-refractivity contribution in [2.45, 2.75) is 158 Å². The minimum atomic E-state index is -6.95. The second-order valence-electron chi connectivity index (χ2n) is 16.4. The van der Waals surface area contributed by atoms with E-state index in [0.29, 0.717) is 18.8 Å². The lowest BCUT2D eigenvalue weighted by Crippen LogP contribution is -2.60. The molecule has 0 aliphatic heterocycles. The van der Waals surface area contributed by atoms with E-state index in [1.807, 2.05) is 6.07 Å². The number of alkyl halides is 9. The number of carbonyl (C=O) groups is 1. The summed E-state index contributed by atoms with van der Waals surface area (Å²) < 4.78 is 118. The fraction of sp³-hybridized carbons (Fsp3) is 0.816. The van der Waals surface area contributed by atoms with Crippen LogP contribution in [0.4, 0.5) is 39.5 Å². The van der Waals surface area contributed by atoms with E-state index in [1.54, 1.807) is 12.1 Å². The number of carboxylic acid groups (broad SMARTS) is 1. The van der Waals surface area contributed by atoms with Gasteiger partial charge in [-0.1, -0.05) is 57.9 Å². The topological polar surface area (TPSA) is 98.0 Å². The summed E-state index contributed by atoms with van der Waals surface area (Å²) >= 11 is 0. The van der Waals surface area contributed by atoms with Crippen molar-refractivity contribution in [3.05, 3.63) is 29.3 Å². The lowest BCUT2D eigenvalue weighted by Gasteiger charge is -2.55. The van der Waals surface area contributed by atoms with Gasteiger partial charge in [-0.3, -0.25) is 4.79 Å². The van der Waals surface area contributed by atoms with E-state index in [0.717, 1.165) is 81.8 Å². The summed E-state index contributed by atoms with van der Waals surface area (Å²) in [5.74, 6) is -21.1. The number of carboxylic acids is 1. The monoisotopic (exact) mass is 758 g/mol. The Hall–Kier alpha value is -2.22. The first kappa shape index (κ1) is 41.0. The number of phenols is 1. The van der Waals surface area contributed by atoms with Gasteiger partial charge in [0.1, 0.15) is 5.75 Å². The van der Waals surface area contributed by atoms with E-state index >= 15 is 0 Å². The summed E-state index contributed by atoms with van der Waals surface area (Å²) in [7, 11) is 0. The van der Waals surface area contributed by atoms with E-state index in [1.165, 1.54) is 0 Å². The Bertz CT molecular complexity index is 1410. The van der Waals surface area contributed by atoms with Crippen molar-refractivity contribution in [3.63, 3.8) is 0 Å². The third-order valence-corrected chi connectivity index (χ3v) is 13.6. The van der Waals surface area contributed by atoms with Gasteiger partial charge in [-0.15, -0.1) is 0 Å². The van der Waals surface area contributed by atoms with Crippen LogP contribution in [0.15, 0.2) is 18.2 Å². The van der Waals surface area contributed by atoms with Gasteiger partial charge >= 0.3 is 29.9 Å². The fourth-order valence-corrected chi connectivity index (χ4v) is 10.5. The molecule has 4 aliphatic rings. The standard InChI is InChI=1S/C38H51F9O5/c1-33-17-15-25-24-14-13-23(48)20-27(24)31(50)26(30(25)28(33)21-29(49)34(33)18-19-34)12-8-6-4-2-3-5-7-10-22(32(51)52)11-9-16-35(39,40)36(41,42)37(43,44)38(45,46)47/h13-14,20,22,25-26,28-31,48-50H,2-12,15-19,21H2,1H3,(H,51,52)/t22?,25?,26?,28?,29-,30?,31+,33+/m1/s1. The zero-order valence-corrected chi connectivity index (χ0v) is 29.4. The van der Waals surface area contributed by atoms with Crippen LogP contribution in [0.2, 0.25) is 0 Å². The van der Waals surface area contributed by atoms with E-state index in [2.05, 4.69) is 6.92 Å². The number of phenolic OH excluding ortho intramolecular Hbond substituents is 1. The quantitative estimate of drug-likeness (QED) is 0.0937. The van der Waals surface area contributed by atoms with Crippen LogP contribution in [0, 0.1) is 34.5 Å². The molecule has 4 aliphatic carbocycles. The van der Waals surface area contributed by atoms with Crippen LogP contribution < -0.4 is 0 Å². The van der Waals surface area contributed by atoms with Crippen LogP contribution in [0.1, 0.15) is 139 Å². The highest BCUT2D eigenvalue weighted by molar-refractivity contribution is 5.69. The van der Waals surface area contributed by atoms with Gasteiger partial charge in [0.25, 0.3) is 0 Å². The number of unbranched alkanes of at least 4 members (excludes halogenated alkanes) is 6. The average Bonchev–Trinajstić information content (AvgIpc) is 3.84. The van der Waals surface area contributed by atoms with E-state index in [-0.39, 0.29) is 46.9 Å². The molecule has 0 heterocycles.